The lowest BCUT2D eigenvalue weighted by molar-refractivity contribution is 0.410. The molecule has 7 nitrogen and oxygen atoms in total. The molecule has 0 N–H and O–H groups in total. The maximum Gasteiger partial charge on any atom is 0.225 e. The zero-order valence-corrected chi connectivity index (χ0v) is 11.6. The molecule has 2 aromatic heterocycles. The Morgan fingerprint density at radius 2 is 2.00 bits per heavy atom. The molecule has 0 amide bonds. The molecule has 0 aliphatic heterocycles. The predicted molar refractivity (Wildman–Crippen MR) is 71.1 cm³/mol. The summed E-state index contributed by atoms with van der Waals surface area (Å²) in [4.78, 5) is 10.4. The van der Waals surface area contributed by atoms with Crippen LogP contribution in [-0.4, -0.2) is 38.9 Å². The summed E-state index contributed by atoms with van der Waals surface area (Å²) in [5.74, 6) is 2.15. The van der Waals surface area contributed by atoms with E-state index in [1.165, 1.54) is 0 Å². The molecular weight excluding hydrogens is 244 g/mol. The molecule has 0 unspecified atom stereocenters. The zero-order valence-electron chi connectivity index (χ0n) is 11.6. The first-order valence-electron chi connectivity index (χ1n) is 6.07. The van der Waals surface area contributed by atoms with Crippen molar-refractivity contribution in [3.05, 3.63) is 24.5 Å². The van der Waals surface area contributed by atoms with Crippen molar-refractivity contribution in [2.45, 2.75) is 26.4 Å². The van der Waals surface area contributed by atoms with Crippen molar-refractivity contribution < 1.29 is 4.74 Å². The Morgan fingerprint density at radius 3 is 2.58 bits per heavy atom. The first-order valence-corrected chi connectivity index (χ1v) is 6.07. The van der Waals surface area contributed by atoms with E-state index in [-0.39, 0.29) is 0 Å². The number of rotatable bonds is 5. The smallest absolute Gasteiger partial charge is 0.225 e. The van der Waals surface area contributed by atoms with Gasteiger partial charge in [0.1, 0.15) is 6.33 Å². The molecule has 0 saturated carbocycles. The Bertz CT molecular complexity index is 521. The monoisotopic (exact) mass is 262 g/mol. The molecule has 0 aromatic carbocycles. The van der Waals surface area contributed by atoms with Gasteiger partial charge in [0.25, 0.3) is 0 Å². The summed E-state index contributed by atoms with van der Waals surface area (Å²) in [5.41, 5.74) is 0. The Hall–Kier alpha value is -2.18. The Morgan fingerprint density at radius 1 is 1.32 bits per heavy atom. The number of nitrogens with zero attached hydrogens (tertiary/aromatic N) is 6. The molecule has 0 atom stereocenters. The molecule has 0 spiro atoms. The van der Waals surface area contributed by atoms with Crippen LogP contribution in [0.3, 0.4) is 0 Å². The summed E-state index contributed by atoms with van der Waals surface area (Å²) in [5, 5.41) is 8.07. The third-order valence-electron chi connectivity index (χ3n) is 2.77. The second-order valence-electron chi connectivity index (χ2n) is 4.53. The van der Waals surface area contributed by atoms with Gasteiger partial charge in [-0.2, -0.15) is 0 Å². The highest BCUT2D eigenvalue weighted by atomic mass is 16.5. The molecule has 0 aliphatic rings. The highest BCUT2D eigenvalue weighted by Crippen LogP contribution is 2.13. The molecule has 0 saturated heterocycles. The topological polar surface area (TPSA) is 69.0 Å². The van der Waals surface area contributed by atoms with Crippen LogP contribution in [0.2, 0.25) is 0 Å². The lowest BCUT2D eigenvalue weighted by Gasteiger charge is -2.18. The highest BCUT2D eigenvalue weighted by Gasteiger charge is 2.12. The molecule has 19 heavy (non-hydrogen) atoms. The van der Waals surface area contributed by atoms with Crippen LogP contribution in [0.15, 0.2) is 18.7 Å². The molecule has 0 fully saturated rings. The van der Waals surface area contributed by atoms with Gasteiger partial charge in [-0.15, -0.1) is 10.2 Å². The van der Waals surface area contributed by atoms with Crippen molar-refractivity contribution in [2.24, 2.45) is 0 Å². The van der Waals surface area contributed by atoms with Crippen LogP contribution in [0.25, 0.3) is 0 Å². The molecular formula is C12H18N6O. The van der Waals surface area contributed by atoms with Gasteiger partial charge in [0.2, 0.25) is 5.95 Å². The van der Waals surface area contributed by atoms with E-state index in [9.17, 15) is 0 Å². The second-order valence-corrected chi connectivity index (χ2v) is 4.53. The van der Waals surface area contributed by atoms with E-state index in [0.717, 1.165) is 5.82 Å². The van der Waals surface area contributed by atoms with E-state index in [1.807, 2.05) is 16.5 Å². The van der Waals surface area contributed by atoms with Gasteiger partial charge in [-0.25, -0.2) is 9.97 Å². The van der Waals surface area contributed by atoms with Gasteiger partial charge in [-0.3, -0.25) is 0 Å². The van der Waals surface area contributed by atoms with Crippen LogP contribution in [0.4, 0.5) is 5.95 Å². The fourth-order valence-corrected chi connectivity index (χ4v) is 1.71. The number of hydrogen-bond donors (Lipinski definition) is 0. The average molecular weight is 262 g/mol. The van der Waals surface area contributed by atoms with Gasteiger partial charge in [0, 0.05) is 13.1 Å². The quantitative estimate of drug-likeness (QED) is 0.809. The fourth-order valence-electron chi connectivity index (χ4n) is 1.71. The number of methoxy groups -OCH3 is 1. The van der Waals surface area contributed by atoms with Crippen LogP contribution in [-0.2, 0) is 6.54 Å². The largest absolute Gasteiger partial charge is 0.494 e. The molecule has 2 aromatic rings. The molecule has 2 heterocycles. The van der Waals surface area contributed by atoms with Gasteiger partial charge >= 0.3 is 0 Å². The summed E-state index contributed by atoms with van der Waals surface area (Å²) in [6, 6.07) is 0.329. The average Bonchev–Trinajstić information content (AvgIpc) is 2.87. The summed E-state index contributed by atoms with van der Waals surface area (Å²) >= 11 is 0. The molecule has 7 heteroatoms. The lowest BCUT2D eigenvalue weighted by Crippen LogP contribution is -2.22. The number of hydrogen-bond acceptors (Lipinski definition) is 6. The third-order valence-corrected chi connectivity index (χ3v) is 2.77. The van der Waals surface area contributed by atoms with Crippen molar-refractivity contribution >= 4 is 5.95 Å². The Labute approximate surface area is 112 Å². The van der Waals surface area contributed by atoms with Gasteiger partial charge in [0.15, 0.2) is 11.6 Å². The normalized spacial score (nSPS) is 10.8. The van der Waals surface area contributed by atoms with Crippen molar-refractivity contribution in [3.8, 4) is 5.75 Å². The van der Waals surface area contributed by atoms with Crippen LogP contribution >= 0.6 is 0 Å². The van der Waals surface area contributed by atoms with Crippen molar-refractivity contribution in [2.75, 3.05) is 19.1 Å². The molecule has 0 bridgehead atoms. The van der Waals surface area contributed by atoms with Gasteiger partial charge in [0.05, 0.1) is 26.0 Å². The van der Waals surface area contributed by atoms with E-state index in [2.05, 4.69) is 34.0 Å². The third kappa shape index (κ3) is 2.98. The minimum absolute atomic E-state index is 0.329. The number of anilines is 1. The van der Waals surface area contributed by atoms with E-state index in [4.69, 9.17) is 4.74 Å². The van der Waals surface area contributed by atoms with Crippen LogP contribution in [0.1, 0.15) is 25.7 Å². The van der Waals surface area contributed by atoms with E-state index in [1.54, 1.807) is 25.8 Å². The standard InChI is InChI=1S/C12H18N6O/c1-9(2)18-8-15-16-11(18)7-17(3)12-13-5-10(19-4)6-14-12/h5-6,8-9H,7H2,1-4H3. The highest BCUT2D eigenvalue weighted by molar-refractivity contribution is 5.30. The summed E-state index contributed by atoms with van der Waals surface area (Å²) in [7, 11) is 3.51. The lowest BCUT2D eigenvalue weighted by atomic mass is 10.4. The second kappa shape index (κ2) is 5.64. The van der Waals surface area contributed by atoms with Crippen molar-refractivity contribution in [1.29, 1.82) is 0 Å². The fraction of sp³-hybridized carbons (Fsp3) is 0.500. The van der Waals surface area contributed by atoms with Crippen LogP contribution < -0.4 is 9.64 Å². The van der Waals surface area contributed by atoms with Gasteiger partial charge in [-0.1, -0.05) is 0 Å². The van der Waals surface area contributed by atoms with E-state index < -0.39 is 0 Å². The number of ether oxygens (including phenoxy) is 1. The SMILES string of the molecule is COc1cnc(N(C)Cc2nncn2C(C)C)nc1. The maximum atomic E-state index is 5.04. The first kappa shape index (κ1) is 13.3. The molecule has 102 valence electrons. The maximum absolute atomic E-state index is 5.04. The van der Waals surface area contributed by atoms with Crippen LogP contribution in [0, 0.1) is 0 Å². The minimum atomic E-state index is 0.329. The Kier molecular flexibility index (Phi) is 3.94. The zero-order chi connectivity index (χ0) is 13.8. The predicted octanol–water partition coefficient (Wildman–Crippen LogP) is 1.29. The molecule has 0 radical (unpaired) electrons. The molecule has 0 aliphatic carbocycles. The molecule has 2 rings (SSSR count). The van der Waals surface area contributed by atoms with Crippen molar-refractivity contribution in [3.63, 3.8) is 0 Å². The van der Waals surface area contributed by atoms with Crippen molar-refractivity contribution in [1.82, 2.24) is 24.7 Å². The summed E-state index contributed by atoms with van der Waals surface area (Å²) < 4.78 is 7.06. The summed E-state index contributed by atoms with van der Waals surface area (Å²) in [6.45, 7) is 4.79. The van der Waals surface area contributed by atoms with E-state index >= 15 is 0 Å². The minimum Gasteiger partial charge on any atom is -0.494 e. The Balaban J connectivity index is 2.11. The van der Waals surface area contributed by atoms with Crippen LogP contribution in [0.5, 0.6) is 5.75 Å². The first-order chi connectivity index (χ1) is 9.11. The van der Waals surface area contributed by atoms with Gasteiger partial charge in [-0.05, 0) is 13.8 Å². The van der Waals surface area contributed by atoms with E-state index in [0.29, 0.717) is 24.3 Å². The number of aromatic nitrogens is 5. The van der Waals surface area contributed by atoms with Gasteiger partial charge < -0.3 is 14.2 Å². The summed E-state index contributed by atoms with van der Waals surface area (Å²) in [6.07, 6.45) is 5.03.